The Kier molecular flexibility index (Phi) is 14.7. The number of anilines is 2. The molecule has 0 saturated carbocycles. The highest BCUT2D eigenvalue weighted by molar-refractivity contribution is 7.80. The number of methoxy groups -OCH3 is 2. The lowest BCUT2D eigenvalue weighted by Crippen LogP contribution is -2.36. The molecule has 0 amide bonds. The van der Waals surface area contributed by atoms with Crippen molar-refractivity contribution >= 4 is 75.3 Å². The van der Waals surface area contributed by atoms with Gasteiger partial charge in [0.1, 0.15) is 11.5 Å². The highest BCUT2D eigenvalue weighted by atomic mass is 35.5. The summed E-state index contributed by atoms with van der Waals surface area (Å²) < 4.78 is 10.9. The summed E-state index contributed by atoms with van der Waals surface area (Å²) >= 11 is 5.49. The highest BCUT2D eigenvalue weighted by Gasteiger charge is 2.11. The molecule has 2 aromatic heterocycles. The molecule has 0 aliphatic heterocycles. The lowest BCUT2D eigenvalue weighted by molar-refractivity contribution is 0.415. The zero-order chi connectivity index (χ0) is 28.3. The molecule has 11 heteroatoms. The van der Waals surface area contributed by atoms with Crippen molar-refractivity contribution in [3.8, 4) is 11.5 Å². The van der Waals surface area contributed by atoms with Crippen LogP contribution in [-0.2, 0) is 0 Å². The van der Waals surface area contributed by atoms with E-state index in [1.54, 1.807) is 14.2 Å². The number of aromatic nitrogens is 2. The molecule has 228 valence electrons. The van der Waals surface area contributed by atoms with Crippen LogP contribution in [0.2, 0.25) is 0 Å². The Balaban J connectivity index is 0.00000308. The van der Waals surface area contributed by atoms with Crippen LogP contribution in [0.3, 0.4) is 0 Å². The zero-order valence-electron chi connectivity index (χ0n) is 24.6. The van der Waals surface area contributed by atoms with Crippen LogP contribution in [0.15, 0.2) is 60.9 Å². The fourth-order valence-electron chi connectivity index (χ4n) is 4.74. The first-order valence-corrected chi connectivity index (χ1v) is 14.3. The summed E-state index contributed by atoms with van der Waals surface area (Å²) in [5, 5.41) is 16.7. The second-order valence-corrected chi connectivity index (χ2v) is 10.5. The van der Waals surface area contributed by atoms with Crippen molar-refractivity contribution in [1.29, 1.82) is 0 Å². The Morgan fingerprint density at radius 3 is 1.57 bits per heavy atom. The summed E-state index contributed by atoms with van der Waals surface area (Å²) in [4.78, 5) is 9.10. The maximum atomic E-state index is 5.49. The maximum Gasteiger partial charge on any atom is 0.166 e. The van der Waals surface area contributed by atoms with Gasteiger partial charge in [-0.1, -0.05) is 12.1 Å². The average molecular weight is 634 g/mol. The van der Waals surface area contributed by atoms with Crippen molar-refractivity contribution in [3.63, 3.8) is 0 Å². The predicted molar refractivity (Wildman–Crippen MR) is 184 cm³/mol. The largest absolute Gasteiger partial charge is 0.497 e. The number of nitrogens with one attached hydrogen (secondary N) is 4. The summed E-state index contributed by atoms with van der Waals surface area (Å²) in [6, 6.07) is 16.6. The number of rotatable bonds is 14. The quantitative estimate of drug-likeness (QED) is 0.0868. The number of benzene rings is 2. The highest BCUT2D eigenvalue weighted by Crippen LogP contribution is 2.29. The van der Waals surface area contributed by atoms with Gasteiger partial charge < -0.3 is 30.7 Å². The van der Waals surface area contributed by atoms with Crippen LogP contribution in [-0.4, -0.2) is 54.5 Å². The molecule has 0 radical (unpaired) electrons. The molecule has 0 bridgehead atoms. The van der Waals surface area contributed by atoms with Gasteiger partial charge in [0.25, 0.3) is 0 Å². The van der Waals surface area contributed by atoms with E-state index in [1.165, 1.54) is 0 Å². The molecule has 0 aliphatic carbocycles. The first-order valence-electron chi connectivity index (χ1n) is 13.9. The van der Waals surface area contributed by atoms with Crippen molar-refractivity contribution in [1.82, 2.24) is 20.6 Å². The van der Waals surface area contributed by atoms with Crippen LogP contribution in [0, 0.1) is 0 Å². The smallest absolute Gasteiger partial charge is 0.166 e. The molecule has 4 rings (SSSR count). The molecule has 42 heavy (non-hydrogen) atoms. The minimum Gasteiger partial charge on any atom is -0.497 e. The van der Waals surface area contributed by atoms with E-state index in [-0.39, 0.29) is 36.9 Å². The molecule has 4 N–H and O–H groups in total. The first kappa shape index (κ1) is 34.9. The second-order valence-electron chi connectivity index (χ2n) is 10.1. The van der Waals surface area contributed by atoms with Crippen LogP contribution >= 0.6 is 37.0 Å². The van der Waals surface area contributed by atoms with Crippen LogP contribution in [0.4, 0.5) is 11.4 Å². The standard InChI is InChI=1S/C31H40N6O2S.2ClH/c1-21(36-27-19-25(38-3)17-23-11-7-13-32-29(23)27)9-5-15-34-31(40)35-16-6-10-22(2)37-28-20-26(39-4)18-24-12-8-14-33-30(24)28;;/h7-8,11-14,17-22,36-37H,5-6,9-10,15-16H2,1-4H3,(H2,34,35,40);2*1H. The van der Waals surface area contributed by atoms with E-state index in [4.69, 9.17) is 21.7 Å². The van der Waals surface area contributed by atoms with E-state index in [0.29, 0.717) is 5.11 Å². The molecular formula is C31H42Cl2N6O2S. The van der Waals surface area contributed by atoms with Gasteiger partial charge in [0, 0.05) is 60.5 Å². The van der Waals surface area contributed by atoms with Gasteiger partial charge in [0.2, 0.25) is 0 Å². The van der Waals surface area contributed by atoms with Crippen LogP contribution < -0.4 is 30.7 Å². The molecule has 0 aliphatic rings. The van der Waals surface area contributed by atoms with Gasteiger partial charge in [0.05, 0.1) is 36.6 Å². The minimum absolute atomic E-state index is 0. The van der Waals surface area contributed by atoms with E-state index in [9.17, 15) is 0 Å². The van der Waals surface area contributed by atoms with Gasteiger partial charge in [-0.25, -0.2) is 0 Å². The zero-order valence-corrected chi connectivity index (χ0v) is 27.1. The fourth-order valence-corrected chi connectivity index (χ4v) is 4.95. The fraction of sp³-hybridized carbons (Fsp3) is 0.387. The number of fused-ring (bicyclic) bond motifs is 2. The second kappa shape index (κ2) is 17.6. The molecular weight excluding hydrogens is 591 g/mol. The number of hydrogen-bond donors (Lipinski definition) is 4. The lowest BCUT2D eigenvalue weighted by Gasteiger charge is -2.18. The number of nitrogens with zero attached hydrogens (tertiary/aromatic N) is 2. The molecule has 0 fully saturated rings. The van der Waals surface area contributed by atoms with Crippen molar-refractivity contribution in [3.05, 3.63) is 60.9 Å². The summed E-state index contributed by atoms with van der Waals surface area (Å²) in [5.74, 6) is 1.65. The summed E-state index contributed by atoms with van der Waals surface area (Å²) in [6.07, 6.45) is 7.62. The molecule has 4 aromatic rings. The lowest BCUT2D eigenvalue weighted by atomic mass is 10.1. The Bertz CT molecular complexity index is 1320. The first-order chi connectivity index (χ1) is 19.5. The van der Waals surface area contributed by atoms with Crippen LogP contribution in [0.25, 0.3) is 21.8 Å². The molecule has 0 saturated heterocycles. The average Bonchev–Trinajstić information content (AvgIpc) is 2.97. The van der Waals surface area contributed by atoms with Gasteiger partial charge in [-0.15, -0.1) is 24.8 Å². The number of thiocarbonyl (C=S) groups is 1. The SMILES string of the molecule is COc1cc(NC(C)CCCNC(=S)NCCCC(C)Nc2cc(OC)cc3cccnc23)c2ncccc2c1.Cl.Cl. The molecule has 8 nitrogen and oxygen atoms in total. The third kappa shape index (κ3) is 9.93. The van der Waals surface area contributed by atoms with E-state index >= 15 is 0 Å². The van der Waals surface area contributed by atoms with Crippen molar-refractivity contribution in [2.45, 2.75) is 51.6 Å². The predicted octanol–water partition coefficient (Wildman–Crippen LogP) is 6.97. The van der Waals surface area contributed by atoms with Gasteiger partial charge in [-0.05, 0) is 76.0 Å². The third-order valence-corrected chi connectivity index (χ3v) is 7.12. The third-order valence-electron chi connectivity index (χ3n) is 6.83. The summed E-state index contributed by atoms with van der Waals surface area (Å²) in [5.41, 5.74) is 3.90. The van der Waals surface area contributed by atoms with Gasteiger partial charge in [-0.2, -0.15) is 0 Å². The normalized spacial score (nSPS) is 11.9. The minimum atomic E-state index is 0. The van der Waals surface area contributed by atoms with Crippen molar-refractivity contribution < 1.29 is 9.47 Å². The Morgan fingerprint density at radius 1 is 0.738 bits per heavy atom. The van der Waals surface area contributed by atoms with Gasteiger partial charge in [0.15, 0.2) is 5.11 Å². The number of halogens is 2. The Morgan fingerprint density at radius 2 is 1.17 bits per heavy atom. The molecule has 0 spiro atoms. The van der Waals surface area contributed by atoms with E-state index < -0.39 is 0 Å². The van der Waals surface area contributed by atoms with E-state index in [1.807, 2.05) is 48.8 Å². The van der Waals surface area contributed by atoms with E-state index in [0.717, 1.165) is 83.5 Å². The summed E-state index contributed by atoms with van der Waals surface area (Å²) in [7, 11) is 3.37. The number of pyridine rings is 2. The van der Waals surface area contributed by atoms with Gasteiger partial charge in [-0.3, -0.25) is 9.97 Å². The van der Waals surface area contributed by atoms with Crippen LogP contribution in [0.1, 0.15) is 39.5 Å². The van der Waals surface area contributed by atoms with Crippen LogP contribution in [0.5, 0.6) is 11.5 Å². The van der Waals surface area contributed by atoms with E-state index in [2.05, 4.69) is 57.2 Å². The van der Waals surface area contributed by atoms with Gasteiger partial charge >= 0.3 is 0 Å². The Labute approximate surface area is 266 Å². The Hall–Kier alpha value is -3.27. The number of hydrogen-bond acceptors (Lipinski definition) is 7. The van der Waals surface area contributed by atoms with Crippen molar-refractivity contribution in [2.75, 3.05) is 37.9 Å². The monoisotopic (exact) mass is 632 g/mol. The number of ether oxygens (including phenoxy) is 2. The maximum absolute atomic E-state index is 5.49. The molecule has 2 atom stereocenters. The van der Waals surface area contributed by atoms with Crippen molar-refractivity contribution in [2.24, 2.45) is 0 Å². The topological polar surface area (TPSA) is 92.4 Å². The molecule has 2 heterocycles. The molecule has 2 aromatic carbocycles. The summed E-state index contributed by atoms with van der Waals surface area (Å²) in [6.45, 7) is 6.01. The molecule has 2 unspecified atom stereocenters.